The quantitative estimate of drug-likeness (QED) is 0.655. The number of hydrogen-bond acceptors (Lipinski definition) is 3. The molecule has 2 rings (SSSR count). The Morgan fingerprint density at radius 3 is 1.72 bits per heavy atom. The molecular formula is C14H14NO2P. The summed E-state index contributed by atoms with van der Waals surface area (Å²) >= 11 is 0. The molecular weight excluding hydrogens is 245 g/mol. The molecule has 0 radical (unpaired) electrons. The predicted octanol–water partition coefficient (Wildman–Crippen LogP) is 2.45. The first-order valence-electron chi connectivity index (χ1n) is 5.55. The Balaban J connectivity index is 2.56. The minimum Gasteiger partial charge on any atom is -0.309 e. The maximum absolute atomic E-state index is 13.1. The average molecular weight is 259 g/mol. The van der Waals surface area contributed by atoms with E-state index in [9.17, 15) is 4.57 Å². The zero-order chi connectivity index (χ0) is 12.8. The molecule has 0 spiro atoms. The molecule has 0 aliphatic heterocycles. The predicted molar refractivity (Wildman–Crippen MR) is 73.8 cm³/mol. The second kappa shape index (κ2) is 5.67. The van der Waals surface area contributed by atoms with Crippen molar-refractivity contribution in [2.75, 3.05) is 0 Å². The number of benzene rings is 2. The average Bonchev–Trinajstić information content (AvgIpc) is 2.46. The fourth-order valence-corrected chi connectivity index (χ4v) is 3.91. The zero-order valence-electron chi connectivity index (χ0n) is 9.73. The van der Waals surface area contributed by atoms with Crippen LogP contribution in [0.25, 0.3) is 0 Å². The van der Waals surface area contributed by atoms with E-state index < -0.39 is 7.14 Å². The monoisotopic (exact) mass is 259 g/mol. The molecule has 0 saturated heterocycles. The van der Waals surface area contributed by atoms with Crippen LogP contribution in [0.1, 0.15) is 0 Å². The SMILES string of the molecule is O=P(C=CNO)(c1ccccc1)c1ccccc1. The van der Waals surface area contributed by atoms with Crippen LogP contribution in [0.3, 0.4) is 0 Å². The fraction of sp³-hybridized carbons (Fsp3) is 0. The molecule has 0 amide bonds. The Bertz CT molecular complexity index is 523. The molecule has 0 unspecified atom stereocenters. The fourth-order valence-electron chi connectivity index (χ4n) is 1.76. The van der Waals surface area contributed by atoms with Crippen LogP contribution in [-0.4, -0.2) is 5.21 Å². The van der Waals surface area contributed by atoms with E-state index in [-0.39, 0.29) is 0 Å². The third-order valence-corrected chi connectivity index (χ3v) is 5.34. The van der Waals surface area contributed by atoms with Gasteiger partial charge in [0.15, 0.2) is 7.14 Å². The summed E-state index contributed by atoms with van der Waals surface area (Å²) in [6.07, 6.45) is 1.29. The molecule has 4 heteroatoms. The highest BCUT2D eigenvalue weighted by Gasteiger charge is 2.23. The lowest BCUT2D eigenvalue weighted by molar-refractivity contribution is 0.214. The summed E-state index contributed by atoms with van der Waals surface area (Å²) < 4.78 is 13.1. The molecule has 0 fully saturated rings. The van der Waals surface area contributed by atoms with Crippen molar-refractivity contribution in [1.82, 2.24) is 5.48 Å². The highest BCUT2D eigenvalue weighted by Crippen LogP contribution is 2.44. The lowest BCUT2D eigenvalue weighted by Crippen LogP contribution is -2.14. The minimum atomic E-state index is -2.84. The number of rotatable bonds is 4. The van der Waals surface area contributed by atoms with Crippen LogP contribution in [0.15, 0.2) is 72.7 Å². The normalized spacial score (nSPS) is 11.6. The van der Waals surface area contributed by atoms with Gasteiger partial charge in [0.1, 0.15) is 0 Å². The first-order chi connectivity index (χ1) is 8.77. The van der Waals surface area contributed by atoms with Gasteiger partial charge in [-0.1, -0.05) is 60.7 Å². The number of nitrogens with one attached hydrogen (secondary N) is 1. The molecule has 0 aliphatic rings. The Labute approximate surface area is 106 Å². The van der Waals surface area contributed by atoms with Crippen LogP contribution in [0.4, 0.5) is 0 Å². The van der Waals surface area contributed by atoms with Gasteiger partial charge in [-0.15, -0.1) is 0 Å². The van der Waals surface area contributed by atoms with Crippen molar-refractivity contribution < 1.29 is 9.77 Å². The molecule has 2 N–H and O–H groups in total. The van der Waals surface area contributed by atoms with Gasteiger partial charge < -0.3 is 4.57 Å². The van der Waals surface area contributed by atoms with Gasteiger partial charge in [-0.05, 0) is 0 Å². The second-order valence-corrected chi connectivity index (χ2v) is 6.42. The highest BCUT2D eigenvalue weighted by atomic mass is 31.2. The van der Waals surface area contributed by atoms with Crippen molar-refractivity contribution in [3.8, 4) is 0 Å². The highest BCUT2D eigenvalue weighted by molar-refractivity contribution is 7.81. The van der Waals surface area contributed by atoms with Crippen LogP contribution in [0, 0.1) is 0 Å². The van der Waals surface area contributed by atoms with Gasteiger partial charge in [0.2, 0.25) is 0 Å². The van der Waals surface area contributed by atoms with Gasteiger partial charge in [-0.25, -0.2) is 0 Å². The maximum atomic E-state index is 13.1. The summed E-state index contributed by atoms with van der Waals surface area (Å²) in [5, 5.41) is 10.1. The summed E-state index contributed by atoms with van der Waals surface area (Å²) in [4.78, 5) is 0. The summed E-state index contributed by atoms with van der Waals surface area (Å²) in [5.41, 5.74) is 1.91. The minimum absolute atomic E-state index is 0.739. The maximum Gasteiger partial charge on any atom is 0.165 e. The second-order valence-electron chi connectivity index (χ2n) is 3.77. The molecule has 0 heterocycles. The lowest BCUT2D eigenvalue weighted by atomic mass is 10.4. The third kappa shape index (κ3) is 2.53. The number of hydrogen-bond donors (Lipinski definition) is 2. The van der Waals surface area contributed by atoms with Crippen molar-refractivity contribution in [1.29, 1.82) is 0 Å². The van der Waals surface area contributed by atoms with Crippen molar-refractivity contribution in [3.63, 3.8) is 0 Å². The van der Waals surface area contributed by atoms with Crippen molar-refractivity contribution in [2.24, 2.45) is 0 Å². The molecule has 2 aromatic carbocycles. The Kier molecular flexibility index (Phi) is 3.98. The molecule has 3 nitrogen and oxygen atoms in total. The van der Waals surface area contributed by atoms with Gasteiger partial charge in [0.25, 0.3) is 0 Å². The first kappa shape index (κ1) is 12.6. The third-order valence-electron chi connectivity index (χ3n) is 2.64. The topological polar surface area (TPSA) is 49.3 Å². The summed E-state index contributed by atoms with van der Waals surface area (Å²) in [7, 11) is -2.84. The van der Waals surface area contributed by atoms with Crippen molar-refractivity contribution in [3.05, 3.63) is 72.7 Å². The molecule has 0 saturated carbocycles. The van der Waals surface area contributed by atoms with Gasteiger partial charge in [0, 0.05) is 22.6 Å². The Hall–Kier alpha value is -1.83. The van der Waals surface area contributed by atoms with Crippen molar-refractivity contribution >= 4 is 17.8 Å². The van der Waals surface area contributed by atoms with Crippen LogP contribution in [0.5, 0.6) is 0 Å². The van der Waals surface area contributed by atoms with E-state index >= 15 is 0 Å². The van der Waals surface area contributed by atoms with Crippen molar-refractivity contribution in [2.45, 2.75) is 0 Å². The van der Waals surface area contributed by atoms with Crippen LogP contribution >= 0.6 is 7.14 Å². The molecule has 18 heavy (non-hydrogen) atoms. The molecule has 0 aliphatic carbocycles. The Morgan fingerprint density at radius 1 is 0.889 bits per heavy atom. The Morgan fingerprint density at radius 2 is 1.33 bits per heavy atom. The van der Waals surface area contributed by atoms with E-state index in [0.29, 0.717) is 0 Å². The summed E-state index contributed by atoms with van der Waals surface area (Å²) in [6.45, 7) is 0. The summed E-state index contributed by atoms with van der Waals surface area (Å²) in [6, 6.07) is 18.5. The van der Waals surface area contributed by atoms with E-state index in [2.05, 4.69) is 0 Å². The largest absolute Gasteiger partial charge is 0.309 e. The van der Waals surface area contributed by atoms with Gasteiger partial charge >= 0.3 is 0 Å². The van der Waals surface area contributed by atoms with E-state index in [1.165, 1.54) is 12.0 Å². The van der Waals surface area contributed by atoms with E-state index in [1.54, 1.807) is 0 Å². The number of hydroxylamine groups is 1. The lowest BCUT2D eigenvalue weighted by Gasteiger charge is -2.14. The zero-order valence-corrected chi connectivity index (χ0v) is 10.6. The molecule has 2 aromatic rings. The van der Waals surface area contributed by atoms with Gasteiger partial charge in [0.05, 0.1) is 0 Å². The van der Waals surface area contributed by atoms with Crippen LogP contribution in [-0.2, 0) is 4.57 Å². The van der Waals surface area contributed by atoms with Gasteiger partial charge in [-0.2, -0.15) is 0 Å². The molecule has 0 bridgehead atoms. The summed E-state index contributed by atoms with van der Waals surface area (Å²) in [5.74, 6) is 1.51. The standard InChI is InChI=1S/C14H14NO2P/c16-15-11-12-18(17,13-7-3-1-4-8-13)14-9-5-2-6-10-14/h1-12,15-16H. The van der Waals surface area contributed by atoms with E-state index in [0.717, 1.165) is 10.6 Å². The molecule has 0 aromatic heterocycles. The molecule has 0 atom stereocenters. The van der Waals surface area contributed by atoms with Crippen LogP contribution in [0.2, 0.25) is 0 Å². The van der Waals surface area contributed by atoms with Crippen LogP contribution < -0.4 is 16.1 Å². The van der Waals surface area contributed by atoms with E-state index in [4.69, 9.17) is 5.21 Å². The smallest absolute Gasteiger partial charge is 0.165 e. The first-order valence-corrected chi connectivity index (χ1v) is 7.33. The van der Waals surface area contributed by atoms with Gasteiger partial charge in [-0.3, -0.25) is 10.7 Å². The van der Waals surface area contributed by atoms with E-state index in [1.807, 2.05) is 66.1 Å². The molecule has 92 valence electrons.